The molecule has 0 aliphatic carbocycles. The Morgan fingerprint density at radius 3 is 3.08 bits per heavy atom. The summed E-state index contributed by atoms with van der Waals surface area (Å²) in [4.78, 5) is 4.10. The van der Waals surface area contributed by atoms with Crippen molar-refractivity contribution in [3.05, 3.63) is 23.9 Å². The lowest BCUT2D eigenvalue weighted by Crippen LogP contribution is -2.01. The summed E-state index contributed by atoms with van der Waals surface area (Å²) in [5, 5.41) is 14.8. The van der Waals surface area contributed by atoms with Crippen LogP contribution in [0.2, 0.25) is 0 Å². The van der Waals surface area contributed by atoms with E-state index < -0.39 is 0 Å². The molecule has 70 valence electrons. The van der Waals surface area contributed by atoms with E-state index in [0.29, 0.717) is 5.71 Å². The molecule has 1 aromatic rings. The summed E-state index contributed by atoms with van der Waals surface area (Å²) in [6.07, 6.45) is 1.68. The minimum Gasteiger partial charge on any atom is -0.411 e. The van der Waals surface area contributed by atoms with E-state index in [1.165, 1.54) is 0 Å². The van der Waals surface area contributed by atoms with Gasteiger partial charge in [-0.05, 0) is 26.0 Å². The normalized spacial score (nSPS) is 11.4. The fourth-order valence-electron chi connectivity index (χ4n) is 0.991. The van der Waals surface area contributed by atoms with Crippen molar-refractivity contribution in [2.45, 2.75) is 13.8 Å². The van der Waals surface area contributed by atoms with Crippen LogP contribution in [-0.4, -0.2) is 22.4 Å². The van der Waals surface area contributed by atoms with Crippen molar-refractivity contribution >= 4 is 11.5 Å². The van der Waals surface area contributed by atoms with Crippen LogP contribution in [0.3, 0.4) is 0 Å². The molecule has 0 saturated carbocycles. The zero-order valence-electron chi connectivity index (χ0n) is 7.78. The van der Waals surface area contributed by atoms with Crippen LogP contribution in [0.1, 0.15) is 19.4 Å². The number of pyridine rings is 1. The lowest BCUT2D eigenvalue weighted by Gasteiger charge is -2.03. The Hall–Kier alpha value is -1.58. The number of aromatic nitrogens is 1. The minimum absolute atomic E-state index is 0.585. The highest BCUT2D eigenvalue weighted by Crippen LogP contribution is 2.07. The summed E-state index contributed by atoms with van der Waals surface area (Å²) in [5.74, 6) is 0.794. The van der Waals surface area contributed by atoms with Gasteiger partial charge in [-0.15, -0.1) is 0 Å². The zero-order chi connectivity index (χ0) is 9.68. The molecular formula is C9H13N3O. The molecule has 1 rings (SSSR count). The average molecular weight is 179 g/mol. The molecule has 1 heterocycles. The monoisotopic (exact) mass is 179 g/mol. The summed E-state index contributed by atoms with van der Waals surface area (Å²) in [7, 11) is 0. The van der Waals surface area contributed by atoms with Crippen LogP contribution < -0.4 is 5.32 Å². The third-order valence-electron chi connectivity index (χ3n) is 1.69. The maximum Gasteiger partial charge on any atom is 0.126 e. The van der Waals surface area contributed by atoms with Crippen LogP contribution >= 0.6 is 0 Å². The zero-order valence-corrected chi connectivity index (χ0v) is 7.78. The molecule has 0 aliphatic heterocycles. The maximum atomic E-state index is 8.56. The first-order valence-corrected chi connectivity index (χ1v) is 4.17. The van der Waals surface area contributed by atoms with Gasteiger partial charge in [0.15, 0.2) is 0 Å². The van der Waals surface area contributed by atoms with E-state index in [0.717, 1.165) is 17.9 Å². The quantitative estimate of drug-likeness (QED) is 0.422. The molecule has 0 saturated heterocycles. The van der Waals surface area contributed by atoms with E-state index in [4.69, 9.17) is 5.21 Å². The molecule has 0 spiro atoms. The number of rotatable bonds is 3. The van der Waals surface area contributed by atoms with Crippen LogP contribution in [-0.2, 0) is 0 Å². The Morgan fingerprint density at radius 1 is 1.69 bits per heavy atom. The summed E-state index contributed by atoms with van der Waals surface area (Å²) in [6, 6.07) is 3.65. The molecule has 0 amide bonds. The van der Waals surface area contributed by atoms with Gasteiger partial charge in [-0.2, -0.15) is 0 Å². The third-order valence-corrected chi connectivity index (χ3v) is 1.69. The molecule has 0 atom stereocenters. The van der Waals surface area contributed by atoms with Crippen molar-refractivity contribution < 1.29 is 5.21 Å². The SMILES string of the molecule is CCNc1cc(/C(C)=N\O)ccn1. The third kappa shape index (κ3) is 2.43. The first-order valence-electron chi connectivity index (χ1n) is 4.17. The van der Waals surface area contributed by atoms with Gasteiger partial charge >= 0.3 is 0 Å². The highest BCUT2D eigenvalue weighted by Gasteiger charge is 1.99. The first kappa shape index (κ1) is 9.51. The lowest BCUT2D eigenvalue weighted by molar-refractivity contribution is 0.319. The van der Waals surface area contributed by atoms with Crippen LogP contribution in [0, 0.1) is 0 Å². The van der Waals surface area contributed by atoms with E-state index in [1.54, 1.807) is 19.2 Å². The molecular weight excluding hydrogens is 166 g/mol. The molecule has 0 aromatic carbocycles. The summed E-state index contributed by atoms with van der Waals surface area (Å²) < 4.78 is 0. The number of nitrogens with zero attached hydrogens (tertiary/aromatic N) is 2. The van der Waals surface area contributed by atoms with Gasteiger partial charge in [0.25, 0.3) is 0 Å². The molecule has 0 aliphatic rings. The second kappa shape index (κ2) is 4.45. The van der Waals surface area contributed by atoms with Crippen molar-refractivity contribution in [2.75, 3.05) is 11.9 Å². The Kier molecular flexibility index (Phi) is 3.25. The highest BCUT2D eigenvalue weighted by atomic mass is 16.4. The smallest absolute Gasteiger partial charge is 0.126 e. The molecule has 0 bridgehead atoms. The van der Waals surface area contributed by atoms with Gasteiger partial charge in [0.1, 0.15) is 5.82 Å². The average Bonchev–Trinajstić information content (AvgIpc) is 2.18. The standard InChI is InChI=1S/C9H13N3O/c1-3-10-9-6-8(4-5-11-9)7(2)12-13/h4-6,13H,3H2,1-2H3,(H,10,11)/b12-7-. The first-order chi connectivity index (χ1) is 6.27. The van der Waals surface area contributed by atoms with Crippen molar-refractivity contribution in [3.8, 4) is 0 Å². The molecule has 2 N–H and O–H groups in total. The molecule has 13 heavy (non-hydrogen) atoms. The molecule has 1 aromatic heterocycles. The van der Waals surface area contributed by atoms with Gasteiger partial charge < -0.3 is 10.5 Å². The van der Waals surface area contributed by atoms with Crippen molar-refractivity contribution in [1.82, 2.24) is 4.98 Å². The number of anilines is 1. The van der Waals surface area contributed by atoms with Crippen LogP contribution in [0.4, 0.5) is 5.82 Å². The van der Waals surface area contributed by atoms with Crippen molar-refractivity contribution in [3.63, 3.8) is 0 Å². The Labute approximate surface area is 77.3 Å². The Morgan fingerprint density at radius 2 is 2.46 bits per heavy atom. The van der Waals surface area contributed by atoms with Gasteiger partial charge in [-0.1, -0.05) is 5.16 Å². The number of hydrogen-bond acceptors (Lipinski definition) is 4. The predicted octanol–water partition coefficient (Wildman–Crippen LogP) is 1.71. The highest BCUT2D eigenvalue weighted by molar-refractivity contribution is 5.98. The largest absolute Gasteiger partial charge is 0.411 e. The second-order valence-electron chi connectivity index (χ2n) is 2.65. The van der Waals surface area contributed by atoms with Crippen LogP contribution in [0.15, 0.2) is 23.5 Å². The van der Waals surface area contributed by atoms with E-state index in [1.807, 2.05) is 13.0 Å². The van der Waals surface area contributed by atoms with Gasteiger partial charge in [0.2, 0.25) is 0 Å². The van der Waals surface area contributed by atoms with E-state index in [2.05, 4.69) is 15.5 Å². The second-order valence-corrected chi connectivity index (χ2v) is 2.65. The summed E-state index contributed by atoms with van der Waals surface area (Å²) in [6.45, 7) is 4.57. The van der Waals surface area contributed by atoms with Gasteiger partial charge in [0.05, 0.1) is 5.71 Å². The summed E-state index contributed by atoms with van der Waals surface area (Å²) >= 11 is 0. The van der Waals surface area contributed by atoms with Gasteiger partial charge in [0, 0.05) is 18.3 Å². The molecule has 4 nitrogen and oxygen atoms in total. The van der Waals surface area contributed by atoms with E-state index >= 15 is 0 Å². The van der Waals surface area contributed by atoms with E-state index in [9.17, 15) is 0 Å². The number of oxime groups is 1. The summed E-state index contributed by atoms with van der Waals surface area (Å²) in [5.41, 5.74) is 1.45. The number of nitrogens with one attached hydrogen (secondary N) is 1. The van der Waals surface area contributed by atoms with Gasteiger partial charge in [-0.25, -0.2) is 4.98 Å². The number of hydrogen-bond donors (Lipinski definition) is 2. The molecule has 0 radical (unpaired) electrons. The Balaban J connectivity index is 2.91. The topological polar surface area (TPSA) is 57.5 Å². The minimum atomic E-state index is 0.585. The fourth-order valence-corrected chi connectivity index (χ4v) is 0.991. The van der Waals surface area contributed by atoms with Gasteiger partial charge in [-0.3, -0.25) is 0 Å². The maximum absolute atomic E-state index is 8.56. The van der Waals surface area contributed by atoms with Crippen LogP contribution in [0.25, 0.3) is 0 Å². The molecule has 0 unspecified atom stereocenters. The fraction of sp³-hybridized carbons (Fsp3) is 0.333. The predicted molar refractivity (Wildman–Crippen MR) is 52.4 cm³/mol. The van der Waals surface area contributed by atoms with Crippen molar-refractivity contribution in [2.24, 2.45) is 5.16 Å². The van der Waals surface area contributed by atoms with Crippen LogP contribution in [0.5, 0.6) is 0 Å². The lowest BCUT2D eigenvalue weighted by atomic mass is 10.2. The Bertz CT molecular complexity index is 309. The molecule has 4 heteroatoms. The molecule has 0 fully saturated rings. The van der Waals surface area contributed by atoms with E-state index in [-0.39, 0.29) is 0 Å². The van der Waals surface area contributed by atoms with Crippen molar-refractivity contribution in [1.29, 1.82) is 0 Å².